The predicted molar refractivity (Wildman–Crippen MR) is 78.2 cm³/mol. The highest BCUT2D eigenvalue weighted by atomic mass is 19.1. The van der Waals surface area contributed by atoms with Crippen LogP contribution in [0.2, 0.25) is 0 Å². The highest BCUT2D eigenvalue weighted by Crippen LogP contribution is 2.28. The van der Waals surface area contributed by atoms with Crippen LogP contribution in [-0.4, -0.2) is 6.54 Å². The quantitative estimate of drug-likeness (QED) is 0.905. The first-order chi connectivity index (χ1) is 9.15. The van der Waals surface area contributed by atoms with Crippen LogP contribution in [0.1, 0.15) is 18.1 Å². The summed E-state index contributed by atoms with van der Waals surface area (Å²) in [4.78, 5) is 1.96. The Hall–Kier alpha value is -1.87. The van der Waals surface area contributed by atoms with E-state index >= 15 is 0 Å². The fourth-order valence-electron chi connectivity index (χ4n) is 2.18. The summed E-state index contributed by atoms with van der Waals surface area (Å²) >= 11 is 0. The van der Waals surface area contributed by atoms with E-state index in [0.717, 1.165) is 16.8 Å². The molecule has 0 aliphatic heterocycles. The van der Waals surface area contributed by atoms with Crippen LogP contribution in [0.25, 0.3) is 0 Å². The van der Waals surface area contributed by atoms with Crippen LogP contribution < -0.4 is 10.6 Å². The van der Waals surface area contributed by atoms with E-state index in [0.29, 0.717) is 18.8 Å². The largest absolute Gasteiger partial charge is 0.339 e. The van der Waals surface area contributed by atoms with E-state index in [-0.39, 0.29) is 5.82 Å². The predicted octanol–water partition coefficient (Wildman–Crippen LogP) is 3.75. The zero-order valence-electron chi connectivity index (χ0n) is 11.4. The number of rotatable bonds is 4. The third-order valence-electron chi connectivity index (χ3n) is 3.17. The van der Waals surface area contributed by atoms with Crippen molar-refractivity contribution < 1.29 is 4.39 Å². The monoisotopic (exact) mass is 258 g/mol. The lowest BCUT2D eigenvalue weighted by molar-refractivity contribution is 0.623. The fraction of sp³-hybridized carbons (Fsp3) is 0.250. The number of benzene rings is 2. The maximum absolute atomic E-state index is 14.2. The van der Waals surface area contributed by atoms with Gasteiger partial charge in [0.25, 0.3) is 0 Å². The van der Waals surface area contributed by atoms with Gasteiger partial charge in [-0.1, -0.05) is 18.2 Å². The van der Waals surface area contributed by atoms with E-state index in [1.54, 1.807) is 6.07 Å². The molecule has 0 amide bonds. The smallest absolute Gasteiger partial charge is 0.147 e. The van der Waals surface area contributed by atoms with Gasteiger partial charge in [-0.05, 0) is 49.2 Å². The number of hydrogen-bond donors (Lipinski definition) is 1. The molecule has 2 aromatic rings. The van der Waals surface area contributed by atoms with Crippen molar-refractivity contribution in [3.8, 4) is 0 Å². The van der Waals surface area contributed by atoms with Crippen LogP contribution in [0.5, 0.6) is 0 Å². The molecule has 0 spiro atoms. The van der Waals surface area contributed by atoms with Crippen molar-refractivity contribution in [2.45, 2.75) is 20.4 Å². The van der Waals surface area contributed by atoms with Crippen molar-refractivity contribution in [1.82, 2.24) is 0 Å². The zero-order valence-corrected chi connectivity index (χ0v) is 11.4. The molecule has 0 atom stereocenters. The Morgan fingerprint density at radius 3 is 2.53 bits per heavy atom. The van der Waals surface area contributed by atoms with E-state index < -0.39 is 0 Å². The number of aryl methyl sites for hydroxylation is 1. The standard InChI is InChI=1S/C16H19FN2/c1-3-19(14-6-4-5-12(2)9-14)16-8-7-13(11-18)10-15(16)17/h4-10H,3,11,18H2,1-2H3. The summed E-state index contributed by atoms with van der Waals surface area (Å²) < 4.78 is 14.2. The molecule has 0 saturated carbocycles. The van der Waals surface area contributed by atoms with Gasteiger partial charge in [-0.25, -0.2) is 4.39 Å². The summed E-state index contributed by atoms with van der Waals surface area (Å²) in [6.45, 7) is 5.11. The van der Waals surface area contributed by atoms with Gasteiger partial charge in [0.15, 0.2) is 0 Å². The summed E-state index contributed by atoms with van der Waals surface area (Å²) in [5, 5.41) is 0. The molecule has 0 bridgehead atoms. The minimum Gasteiger partial charge on any atom is -0.339 e. The Bertz CT molecular complexity index is 566. The molecular formula is C16H19FN2. The molecule has 3 heteroatoms. The summed E-state index contributed by atoms with van der Waals surface area (Å²) in [6, 6.07) is 13.2. The van der Waals surface area contributed by atoms with Crippen molar-refractivity contribution in [3.05, 3.63) is 59.4 Å². The second-order valence-electron chi connectivity index (χ2n) is 4.57. The molecule has 2 nitrogen and oxygen atoms in total. The SMILES string of the molecule is CCN(c1cccc(C)c1)c1ccc(CN)cc1F. The molecule has 2 N–H and O–H groups in total. The minimum absolute atomic E-state index is 0.230. The van der Waals surface area contributed by atoms with Crippen LogP contribution in [0.4, 0.5) is 15.8 Å². The minimum atomic E-state index is -0.230. The first-order valence-corrected chi connectivity index (χ1v) is 6.48. The van der Waals surface area contributed by atoms with Gasteiger partial charge in [0.1, 0.15) is 5.82 Å². The van der Waals surface area contributed by atoms with E-state index in [2.05, 4.69) is 6.07 Å². The molecule has 0 aliphatic carbocycles. The Labute approximate surface area is 113 Å². The topological polar surface area (TPSA) is 29.3 Å². The van der Waals surface area contributed by atoms with E-state index in [4.69, 9.17) is 5.73 Å². The molecule has 0 radical (unpaired) electrons. The Morgan fingerprint density at radius 2 is 1.95 bits per heavy atom. The first-order valence-electron chi connectivity index (χ1n) is 6.48. The molecule has 0 unspecified atom stereocenters. The average molecular weight is 258 g/mol. The maximum Gasteiger partial charge on any atom is 0.147 e. The lowest BCUT2D eigenvalue weighted by atomic mass is 10.1. The van der Waals surface area contributed by atoms with Gasteiger partial charge in [0.2, 0.25) is 0 Å². The highest BCUT2D eigenvalue weighted by Gasteiger charge is 2.12. The molecule has 2 rings (SSSR count). The number of hydrogen-bond acceptors (Lipinski definition) is 2. The first kappa shape index (κ1) is 13.6. The zero-order chi connectivity index (χ0) is 13.8. The van der Waals surface area contributed by atoms with Crippen LogP contribution >= 0.6 is 0 Å². The summed E-state index contributed by atoms with van der Waals surface area (Å²) in [6.07, 6.45) is 0. The highest BCUT2D eigenvalue weighted by molar-refractivity contribution is 5.64. The lowest BCUT2D eigenvalue weighted by Gasteiger charge is -2.24. The average Bonchev–Trinajstić information content (AvgIpc) is 2.41. The molecule has 100 valence electrons. The summed E-state index contributed by atoms with van der Waals surface area (Å²) in [5.41, 5.74) is 9.09. The van der Waals surface area contributed by atoms with E-state index in [1.165, 1.54) is 6.07 Å². The summed E-state index contributed by atoms with van der Waals surface area (Å²) in [5.74, 6) is -0.230. The third-order valence-corrected chi connectivity index (χ3v) is 3.17. The van der Waals surface area contributed by atoms with Crippen LogP contribution in [0.3, 0.4) is 0 Å². The van der Waals surface area contributed by atoms with Crippen molar-refractivity contribution in [3.63, 3.8) is 0 Å². The molecule has 0 aliphatic rings. The molecule has 2 aromatic carbocycles. The van der Waals surface area contributed by atoms with E-state index in [9.17, 15) is 4.39 Å². The van der Waals surface area contributed by atoms with Crippen molar-refractivity contribution in [1.29, 1.82) is 0 Å². The molecular weight excluding hydrogens is 239 g/mol. The van der Waals surface area contributed by atoms with Crippen LogP contribution in [0.15, 0.2) is 42.5 Å². The van der Waals surface area contributed by atoms with Gasteiger partial charge in [-0.15, -0.1) is 0 Å². The van der Waals surface area contributed by atoms with Gasteiger partial charge in [-0.3, -0.25) is 0 Å². The van der Waals surface area contributed by atoms with Crippen molar-refractivity contribution in [2.75, 3.05) is 11.4 Å². The fourth-order valence-corrected chi connectivity index (χ4v) is 2.18. The molecule has 0 heterocycles. The second-order valence-corrected chi connectivity index (χ2v) is 4.57. The summed E-state index contributed by atoms with van der Waals surface area (Å²) in [7, 11) is 0. The van der Waals surface area contributed by atoms with Gasteiger partial charge in [0.05, 0.1) is 5.69 Å². The second kappa shape index (κ2) is 5.85. The van der Waals surface area contributed by atoms with Crippen LogP contribution in [-0.2, 0) is 6.54 Å². The molecule has 0 aromatic heterocycles. The van der Waals surface area contributed by atoms with Crippen molar-refractivity contribution in [2.24, 2.45) is 5.73 Å². The van der Waals surface area contributed by atoms with Gasteiger partial charge in [0, 0.05) is 18.8 Å². The number of nitrogens with zero attached hydrogens (tertiary/aromatic N) is 1. The Balaban J connectivity index is 2.42. The van der Waals surface area contributed by atoms with E-state index in [1.807, 2.05) is 43.0 Å². The van der Waals surface area contributed by atoms with Gasteiger partial charge in [-0.2, -0.15) is 0 Å². The Kier molecular flexibility index (Phi) is 4.17. The molecule has 0 saturated heterocycles. The van der Waals surface area contributed by atoms with Crippen molar-refractivity contribution >= 4 is 11.4 Å². The number of anilines is 2. The normalized spacial score (nSPS) is 10.5. The Morgan fingerprint density at radius 1 is 1.16 bits per heavy atom. The molecule has 0 fully saturated rings. The number of halogens is 1. The van der Waals surface area contributed by atoms with Gasteiger partial charge >= 0.3 is 0 Å². The maximum atomic E-state index is 14.2. The molecule has 19 heavy (non-hydrogen) atoms. The number of nitrogens with two attached hydrogens (primary N) is 1. The van der Waals surface area contributed by atoms with Crippen LogP contribution in [0, 0.1) is 12.7 Å². The third kappa shape index (κ3) is 2.93. The lowest BCUT2D eigenvalue weighted by Crippen LogP contribution is -2.17. The van der Waals surface area contributed by atoms with Gasteiger partial charge < -0.3 is 10.6 Å².